The lowest BCUT2D eigenvalue weighted by Crippen LogP contribution is -2.21. The molecule has 1 aromatic carbocycles. The molecular formula is C15H17ClN2O3. The summed E-state index contributed by atoms with van der Waals surface area (Å²) in [4.78, 5) is 23.0. The highest BCUT2D eigenvalue weighted by Gasteiger charge is 2.09. The molecule has 0 aliphatic heterocycles. The molecule has 1 N–H and O–H groups in total. The molecule has 0 atom stereocenters. The molecule has 1 aromatic rings. The fourth-order valence-electron chi connectivity index (χ4n) is 1.51. The van der Waals surface area contributed by atoms with Crippen LogP contribution >= 0.6 is 11.6 Å². The monoisotopic (exact) mass is 308 g/mol. The van der Waals surface area contributed by atoms with Crippen LogP contribution in [0, 0.1) is 17.2 Å². The van der Waals surface area contributed by atoms with E-state index in [-0.39, 0.29) is 11.6 Å². The molecule has 0 radical (unpaired) electrons. The molecule has 0 bridgehead atoms. The quantitative estimate of drug-likeness (QED) is 0.819. The van der Waals surface area contributed by atoms with Crippen LogP contribution < -0.4 is 5.32 Å². The molecule has 5 nitrogen and oxygen atoms in total. The molecular weight excluding hydrogens is 292 g/mol. The van der Waals surface area contributed by atoms with Crippen molar-refractivity contribution in [3.05, 3.63) is 28.8 Å². The van der Waals surface area contributed by atoms with E-state index < -0.39 is 11.9 Å². The highest BCUT2D eigenvalue weighted by molar-refractivity contribution is 6.32. The Morgan fingerprint density at radius 1 is 1.43 bits per heavy atom. The van der Waals surface area contributed by atoms with Gasteiger partial charge in [0.25, 0.3) is 5.91 Å². The SMILES string of the molecule is CC(C)CCC(=O)OCC(=O)Nc1ccc(C#N)c(Cl)c1. The standard InChI is InChI=1S/C15H17ClN2O3/c1-10(2)3-6-15(20)21-9-14(19)18-12-5-4-11(8-17)13(16)7-12/h4-5,7,10H,3,6,9H2,1-2H3,(H,18,19). The van der Waals surface area contributed by atoms with Gasteiger partial charge in [0.2, 0.25) is 0 Å². The van der Waals surface area contributed by atoms with E-state index in [9.17, 15) is 9.59 Å². The van der Waals surface area contributed by atoms with E-state index in [0.29, 0.717) is 23.6 Å². The van der Waals surface area contributed by atoms with Gasteiger partial charge in [0.15, 0.2) is 6.61 Å². The number of amides is 1. The zero-order valence-electron chi connectivity index (χ0n) is 12.0. The number of esters is 1. The van der Waals surface area contributed by atoms with Crippen molar-refractivity contribution in [3.63, 3.8) is 0 Å². The maximum Gasteiger partial charge on any atom is 0.306 e. The van der Waals surface area contributed by atoms with Gasteiger partial charge in [-0.25, -0.2) is 0 Å². The Balaban J connectivity index is 2.42. The van der Waals surface area contributed by atoms with Crippen LogP contribution in [0.5, 0.6) is 0 Å². The summed E-state index contributed by atoms with van der Waals surface area (Å²) in [7, 11) is 0. The van der Waals surface area contributed by atoms with Crippen LogP contribution in [0.3, 0.4) is 0 Å². The third-order valence-corrected chi connectivity index (χ3v) is 2.98. The maximum atomic E-state index is 11.6. The van der Waals surface area contributed by atoms with Crippen molar-refractivity contribution in [2.24, 2.45) is 5.92 Å². The average Bonchev–Trinajstić information content (AvgIpc) is 2.43. The van der Waals surface area contributed by atoms with Crippen LogP contribution in [0.2, 0.25) is 5.02 Å². The van der Waals surface area contributed by atoms with Gasteiger partial charge in [0.1, 0.15) is 6.07 Å². The molecule has 0 saturated heterocycles. The fraction of sp³-hybridized carbons (Fsp3) is 0.400. The van der Waals surface area contributed by atoms with Crippen LogP contribution in [0.15, 0.2) is 18.2 Å². The van der Waals surface area contributed by atoms with Gasteiger partial charge in [-0.15, -0.1) is 0 Å². The lowest BCUT2D eigenvalue weighted by atomic mass is 10.1. The minimum Gasteiger partial charge on any atom is -0.456 e. The summed E-state index contributed by atoms with van der Waals surface area (Å²) in [6, 6.07) is 6.46. The number of carbonyl (C=O) groups excluding carboxylic acids is 2. The van der Waals surface area contributed by atoms with Crippen molar-refractivity contribution >= 4 is 29.2 Å². The minimum absolute atomic E-state index is 0.254. The van der Waals surface area contributed by atoms with Crippen molar-refractivity contribution in [2.75, 3.05) is 11.9 Å². The number of benzene rings is 1. The summed E-state index contributed by atoms with van der Waals surface area (Å²) in [5.74, 6) is -0.433. The van der Waals surface area contributed by atoms with E-state index in [1.54, 1.807) is 6.07 Å². The van der Waals surface area contributed by atoms with Crippen molar-refractivity contribution in [3.8, 4) is 6.07 Å². The first kappa shape index (κ1) is 17.0. The molecule has 0 fully saturated rings. The van der Waals surface area contributed by atoms with Gasteiger partial charge in [0, 0.05) is 12.1 Å². The Bertz CT molecular complexity index is 565. The Kier molecular flexibility index (Phi) is 6.70. The Morgan fingerprint density at radius 3 is 2.71 bits per heavy atom. The molecule has 112 valence electrons. The third kappa shape index (κ3) is 6.28. The van der Waals surface area contributed by atoms with Crippen LogP contribution in [-0.4, -0.2) is 18.5 Å². The average molecular weight is 309 g/mol. The van der Waals surface area contributed by atoms with E-state index in [0.717, 1.165) is 6.42 Å². The van der Waals surface area contributed by atoms with Gasteiger partial charge in [-0.2, -0.15) is 5.26 Å². The first-order valence-corrected chi connectivity index (χ1v) is 6.95. The molecule has 0 unspecified atom stereocenters. The number of anilines is 1. The van der Waals surface area contributed by atoms with Crippen molar-refractivity contribution in [2.45, 2.75) is 26.7 Å². The Hall–Kier alpha value is -2.06. The van der Waals surface area contributed by atoms with Gasteiger partial charge in [-0.3, -0.25) is 9.59 Å². The van der Waals surface area contributed by atoms with Crippen LogP contribution in [0.4, 0.5) is 5.69 Å². The molecule has 0 spiro atoms. The van der Waals surface area contributed by atoms with Gasteiger partial charge < -0.3 is 10.1 Å². The van der Waals surface area contributed by atoms with Crippen LogP contribution in [0.25, 0.3) is 0 Å². The number of nitrogens with one attached hydrogen (secondary N) is 1. The molecule has 1 rings (SSSR count). The summed E-state index contributed by atoms with van der Waals surface area (Å²) in [6.07, 6.45) is 1.03. The first-order chi connectivity index (χ1) is 9.92. The van der Waals surface area contributed by atoms with E-state index in [1.807, 2.05) is 19.9 Å². The predicted octanol–water partition coefficient (Wildman–Crippen LogP) is 3.13. The van der Waals surface area contributed by atoms with E-state index in [4.69, 9.17) is 21.6 Å². The second-order valence-electron chi connectivity index (χ2n) is 4.95. The first-order valence-electron chi connectivity index (χ1n) is 6.57. The summed E-state index contributed by atoms with van der Waals surface area (Å²) in [5, 5.41) is 11.5. The molecule has 0 aliphatic carbocycles. The van der Waals surface area contributed by atoms with Crippen molar-refractivity contribution in [1.82, 2.24) is 0 Å². The molecule has 0 saturated carbocycles. The van der Waals surface area contributed by atoms with Crippen LogP contribution in [0.1, 0.15) is 32.3 Å². The highest BCUT2D eigenvalue weighted by atomic mass is 35.5. The molecule has 0 heterocycles. The zero-order valence-corrected chi connectivity index (χ0v) is 12.7. The fourth-order valence-corrected chi connectivity index (χ4v) is 1.73. The van der Waals surface area contributed by atoms with Gasteiger partial charge in [-0.1, -0.05) is 25.4 Å². The van der Waals surface area contributed by atoms with Crippen LogP contribution in [-0.2, 0) is 14.3 Å². The van der Waals surface area contributed by atoms with Gasteiger partial charge in [0.05, 0.1) is 10.6 Å². The third-order valence-electron chi connectivity index (χ3n) is 2.66. The van der Waals surface area contributed by atoms with Gasteiger partial charge in [-0.05, 0) is 30.5 Å². The summed E-state index contributed by atoms with van der Waals surface area (Å²) in [5.41, 5.74) is 0.775. The molecule has 6 heteroatoms. The number of rotatable bonds is 6. The Morgan fingerprint density at radius 2 is 2.14 bits per heavy atom. The lowest BCUT2D eigenvalue weighted by molar-refractivity contribution is -0.147. The molecule has 1 amide bonds. The lowest BCUT2D eigenvalue weighted by Gasteiger charge is -2.08. The molecule has 0 aliphatic rings. The number of hydrogen-bond acceptors (Lipinski definition) is 4. The van der Waals surface area contributed by atoms with Crippen molar-refractivity contribution in [1.29, 1.82) is 5.26 Å². The van der Waals surface area contributed by atoms with E-state index in [1.165, 1.54) is 12.1 Å². The smallest absolute Gasteiger partial charge is 0.306 e. The van der Waals surface area contributed by atoms with E-state index in [2.05, 4.69) is 5.32 Å². The number of ether oxygens (including phenoxy) is 1. The minimum atomic E-state index is -0.450. The number of halogens is 1. The Labute approximate surface area is 128 Å². The number of carbonyl (C=O) groups is 2. The normalized spacial score (nSPS) is 10.0. The second kappa shape index (κ2) is 8.28. The van der Waals surface area contributed by atoms with Gasteiger partial charge >= 0.3 is 5.97 Å². The topological polar surface area (TPSA) is 79.2 Å². The zero-order chi connectivity index (χ0) is 15.8. The number of nitriles is 1. The second-order valence-corrected chi connectivity index (χ2v) is 5.36. The summed E-state index contributed by atoms with van der Waals surface area (Å²) >= 11 is 5.85. The maximum absolute atomic E-state index is 11.6. The molecule has 0 aromatic heterocycles. The largest absolute Gasteiger partial charge is 0.456 e. The number of hydrogen-bond donors (Lipinski definition) is 1. The predicted molar refractivity (Wildman–Crippen MR) is 79.8 cm³/mol. The highest BCUT2D eigenvalue weighted by Crippen LogP contribution is 2.20. The summed E-state index contributed by atoms with van der Waals surface area (Å²) < 4.78 is 4.87. The number of nitrogens with zero attached hydrogens (tertiary/aromatic N) is 1. The molecule has 21 heavy (non-hydrogen) atoms. The van der Waals surface area contributed by atoms with E-state index >= 15 is 0 Å². The van der Waals surface area contributed by atoms with Crippen molar-refractivity contribution < 1.29 is 14.3 Å². The summed E-state index contributed by atoms with van der Waals surface area (Å²) in [6.45, 7) is 3.68.